The van der Waals surface area contributed by atoms with Gasteiger partial charge in [-0.15, -0.1) is 10.2 Å². The van der Waals surface area contributed by atoms with Gasteiger partial charge in [0.05, 0.1) is 5.54 Å². The van der Waals surface area contributed by atoms with Crippen LogP contribution in [0.5, 0.6) is 0 Å². The van der Waals surface area contributed by atoms with Crippen molar-refractivity contribution in [2.75, 3.05) is 19.6 Å². The lowest BCUT2D eigenvalue weighted by Crippen LogP contribution is -2.67. The summed E-state index contributed by atoms with van der Waals surface area (Å²) in [7, 11) is 0. The maximum absolute atomic E-state index is 4.68. The lowest BCUT2D eigenvalue weighted by Gasteiger charge is -2.62. The molecule has 0 spiro atoms. The van der Waals surface area contributed by atoms with Crippen LogP contribution in [0.25, 0.3) is 0 Å². The molecule has 0 amide bonds. The van der Waals surface area contributed by atoms with Crippen molar-refractivity contribution in [1.29, 1.82) is 0 Å². The first-order chi connectivity index (χ1) is 12.9. The summed E-state index contributed by atoms with van der Waals surface area (Å²) in [6.07, 6.45) is 10.5. The molecule has 4 aliphatic carbocycles. The standard InChI is InChI=1S/C21H36N6/c1-15(2)13-26-6-4-19(5-7-26)22-20-9-17-8-18(10-20)12-21(11-17,14-20)27-24-16(3)23-25-27/h15,17-19,22H,4-14H2,1-3H3/t17-,18+,20?,21?. The molecule has 1 saturated heterocycles. The van der Waals surface area contributed by atoms with Crippen LogP contribution in [0.1, 0.15) is 71.0 Å². The van der Waals surface area contributed by atoms with Gasteiger partial charge in [-0.05, 0) is 94.3 Å². The van der Waals surface area contributed by atoms with Gasteiger partial charge >= 0.3 is 0 Å². The number of likely N-dealkylation sites (tertiary alicyclic amines) is 1. The van der Waals surface area contributed by atoms with E-state index in [1.807, 2.05) is 11.7 Å². The normalized spacial score (nSPS) is 39.6. The van der Waals surface area contributed by atoms with E-state index in [1.165, 1.54) is 71.0 Å². The summed E-state index contributed by atoms with van der Waals surface area (Å²) in [6.45, 7) is 10.4. The highest BCUT2D eigenvalue weighted by Crippen LogP contribution is 2.60. The van der Waals surface area contributed by atoms with Gasteiger partial charge in [-0.25, -0.2) is 0 Å². The van der Waals surface area contributed by atoms with Crippen molar-refractivity contribution in [2.24, 2.45) is 17.8 Å². The number of hydrogen-bond donors (Lipinski definition) is 1. The van der Waals surface area contributed by atoms with Crippen LogP contribution in [-0.2, 0) is 5.54 Å². The maximum atomic E-state index is 4.68. The van der Waals surface area contributed by atoms with Crippen LogP contribution in [-0.4, -0.2) is 56.3 Å². The van der Waals surface area contributed by atoms with E-state index in [4.69, 9.17) is 0 Å². The number of aromatic nitrogens is 4. The van der Waals surface area contributed by atoms with Crippen molar-refractivity contribution >= 4 is 0 Å². The highest BCUT2D eigenvalue weighted by atomic mass is 15.6. The number of nitrogens with zero attached hydrogens (tertiary/aromatic N) is 5. The summed E-state index contributed by atoms with van der Waals surface area (Å²) in [4.78, 5) is 4.67. The molecule has 27 heavy (non-hydrogen) atoms. The Balaban J connectivity index is 1.30. The summed E-state index contributed by atoms with van der Waals surface area (Å²) in [5.41, 5.74) is 0.438. The van der Waals surface area contributed by atoms with Crippen molar-refractivity contribution in [3.05, 3.63) is 5.82 Å². The molecule has 1 aromatic rings. The topological polar surface area (TPSA) is 58.9 Å². The Morgan fingerprint density at radius 2 is 1.81 bits per heavy atom. The Hall–Kier alpha value is -1.01. The average molecular weight is 373 g/mol. The van der Waals surface area contributed by atoms with Crippen molar-refractivity contribution in [3.8, 4) is 0 Å². The third-order valence-electron chi connectivity index (χ3n) is 7.69. The lowest BCUT2D eigenvalue weighted by atomic mass is 9.50. The Morgan fingerprint density at radius 3 is 2.41 bits per heavy atom. The highest BCUT2D eigenvalue weighted by Gasteiger charge is 2.60. The molecule has 4 saturated carbocycles. The molecule has 5 fully saturated rings. The van der Waals surface area contributed by atoms with Gasteiger partial charge in [0.15, 0.2) is 5.82 Å². The Bertz CT molecular complexity index is 660. The number of tetrazole rings is 1. The molecule has 0 radical (unpaired) electrons. The smallest absolute Gasteiger partial charge is 0.171 e. The van der Waals surface area contributed by atoms with E-state index in [0.29, 0.717) is 11.6 Å². The molecule has 1 N–H and O–H groups in total. The molecule has 1 aliphatic heterocycles. The molecule has 6 nitrogen and oxygen atoms in total. The molecule has 1 aromatic heterocycles. The second kappa shape index (κ2) is 6.51. The number of rotatable bonds is 5. The van der Waals surface area contributed by atoms with E-state index in [9.17, 15) is 0 Å². The van der Waals surface area contributed by atoms with Crippen molar-refractivity contribution in [3.63, 3.8) is 0 Å². The van der Waals surface area contributed by atoms with E-state index in [2.05, 4.69) is 39.5 Å². The third kappa shape index (κ3) is 3.33. The van der Waals surface area contributed by atoms with E-state index < -0.39 is 0 Å². The van der Waals surface area contributed by atoms with Crippen LogP contribution in [0.3, 0.4) is 0 Å². The second-order valence-corrected chi connectivity index (χ2v) is 10.7. The average Bonchev–Trinajstić information content (AvgIpc) is 3.02. The van der Waals surface area contributed by atoms with Crippen LogP contribution in [0, 0.1) is 24.7 Å². The number of aryl methyl sites for hydroxylation is 1. The first-order valence-electron chi connectivity index (χ1n) is 11.2. The minimum absolute atomic E-state index is 0.122. The molecule has 2 heterocycles. The molecule has 4 atom stereocenters. The van der Waals surface area contributed by atoms with Gasteiger partial charge in [-0.1, -0.05) is 13.8 Å². The van der Waals surface area contributed by atoms with E-state index in [0.717, 1.165) is 23.6 Å². The summed E-state index contributed by atoms with van der Waals surface area (Å²) in [5.74, 6) is 3.26. The van der Waals surface area contributed by atoms with Gasteiger partial charge < -0.3 is 10.2 Å². The molecule has 6 rings (SSSR count). The van der Waals surface area contributed by atoms with Crippen LogP contribution in [0.2, 0.25) is 0 Å². The van der Waals surface area contributed by atoms with Gasteiger partial charge in [0.1, 0.15) is 0 Å². The first kappa shape index (κ1) is 18.0. The molecule has 5 aliphatic rings. The van der Waals surface area contributed by atoms with Crippen LogP contribution >= 0.6 is 0 Å². The zero-order valence-electron chi connectivity index (χ0n) is 17.3. The Labute approximate surface area is 163 Å². The van der Waals surface area contributed by atoms with Crippen LogP contribution in [0.15, 0.2) is 0 Å². The minimum Gasteiger partial charge on any atom is -0.308 e. The Kier molecular flexibility index (Phi) is 4.35. The monoisotopic (exact) mass is 372 g/mol. The SMILES string of the molecule is Cc1nnn(C23C[C@@H]4C[C@@H](CC(NC5CCN(CC(C)C)CC5)(C4)C2)C3)n1. The summed E-state index contributed by atoms with van der Waals surface area (Å²) >= 11 is 0. The lowest BCUT2D eigenvalue weighted by molar-refractivity contribution is -0.0901. The minimum atomic E-state index is 0.122. The van der Waals surface area contributed by atoms with Gasteiger partial charge in [-0.3, -0.25) is 0 Å². The number of hydrogen-bond acceptors (Lipinski definition) is 5. The molecule has 6 heteroatoms. The van der Waals surface area contributed by atoms with E-state index in [-0.39, 0.29) is 5.54 Å². The van der Waals surface area contributed by atoms with Crippen molar-refractivity contribution < 1.29 is 0 Å². The number of nitrogens with one attached hydrogen (secondary N) is 1. The maximum Gasteiger partial charge on any atom is 0.171 e. The van der Waals surface area contributed by atoms with E-state index in [1.54, 1.807) is 0 Å². The quantitative estimate of drug-likeness (QED) is 0.861. The zero-order valence-corrected chi connectivity index (χ0v) is 17.3. The zero-order chi connectivity index (χ0) is 18.6. The third-order valence-corrected chi connectivity index (χ3v) is 7.69. The Morgan fingerprint density at radius 1 is 1.11 bits per heavy atom. The first-order valence-corrected chi connectivity index (χ1v) is 11.2. The molecule has 2 unspecified atom stereocenters. The van der Waals surface area contributed by atoms with Crippen molar-refractivity contribution in [1.82, 2.24) is 30.4 Å². The fourth-order valence-electron chi connectivity index (χ4n) is 7.31. The van der Waals surface area contributed by atoms with Gasteiger partial charge in [0, 0.05) is 18.1 Å². The summed E-state index contributed by atoms with van der Waals surface area (Å²) < 4.78 is 0. The van der Waals surface area contributed by atoms with Gasteiger partial charge in [-0.2, -0.15) is 4.80 Å². The fraction of sp³-hybridized carbons (Fsp3) is 0.952. The molecule has 150 valence electrons. The van der Waals surface area contributed by atoms with Gasteiger partial charge in [0.2, 0.25) is 0 Å². The molecule has 0 aromatic carbocycles. The molecular formula is C21H36N6. The predicted octanol–water partition coefficient (Wildman–Crippen LogP) is 2.74. The largest absolute Gasteiger partial charge is 0.308 e. The molecular weight excluding hydrogens is 336 g/mol. The van der Waals surface area contributed by atoms with Gasteiger partial charge in [0.25, 0.3) is 0 Å². The van der Waals surface area contributed by atoms with Crippen LogP contribution < -0.4 is 5.32 Å². The van der Waals surface area contributed by atoms with E-state index >= 15 is 0 Å². The molecule has 4 bridgehead atoms. The second-order valence-electron chi connectivity index (χ2n) is 10.7. The fourth-order valence-corrected chi connectivity index (χ4v) is 7.31. The van der Waals surface area contributed by atoms with Crippen molar-refractivity contribution in [2.45, 2.75) is 89.3 Å². The predicted molar refractivity (Wildman–Crippen MR) is 105 cm³/mol. The summed E-state index contributed by atoms with van der Waals surface area (Å²) in [6, 6.07) is 0.687. The highest BCUT2D eigenvalue weighted by molar-refractivity contribution is 5.14. The van der Waals surface area contributed by atoms with Crippen LogP contribution in [0.4, 0.5) is 0 Å². The number of piperidine rings is 1. The summed E-state index contributed by atoms with van der Waals surface area (Å²) in [5, 5.41) is 17.6.